The molecule has 6 heteroatoms. The molecule has 166 valence electrons. The van der Waals surface area contributed by atoms with Crippen molar-refractivity contribution in [2.45, 2.75) is 19.5 Å². The molecule has 3 aromatic carbocycles. The third-order valence-electron chi connectivity index (χ3n) is 5.56. The fraction of sp³-hybridized carbons (Fsp3) is 0.231. The number of rotatable bonds is 9. The number of halogens is 2. The first-order chi connectivity index (χ1) is 15.6. The number of fused-ring (bicyclic) bond motifs is 1. The average molecular weight is 469 g/mol. The maximum absolute atomic E-state index is 6.21. The summed E-state index contributed by atoms with van der Waals surface area (Å²) in [6.07, 6.45) is 3.12. The van der Waals surface area contributed by atoms with Crippen LogP contribution in [-0.4, -0.2) is 25.3 Å². The highest BCUT2D eigenvalue weighted by Gasteiger charge is 2.10. The van der Waals surface area contributed by atoms with E-state index in [1.54, 1.807) is 14.2 Å². The quantitative estimate of drug-likeness (QED) is 0.290. The Kier molecular flexibility index (Phi) is 7.26. The predicted molar refractivity (Wildman–Crippen MR) is 132 cm³/mol. The molecule has 0 saturated carbocycles. The van der Waals surface area contributed by atoms with E-state index in [0.717, 1.165) is 43.1 Å². The molecule has 1 aromatic heterocycles. The van der Waals surface area contributed by atoms with Gasteiger partial charge in [-0.3, -0.25) is 0 Å². The summed E-state index contributed by atoms with van der Waals surface area (Å²) >= 11 is 12.3. The first-order valence-corrected chi connectivity index (χ1v) is 11.3. The summed E-state index contributed by atoms with van der Waals surface area (Å²) in [6.45, 7) is 2.40. The Bertz CT molecular complexity index is 1220. The zero-order chi connectivity index (χ0) is 22.5. The van der Waals surface area contributed by atoms with Crippen molar-refractivity contribution in [3.63, 3.8) is 0 Å². The fourth-order valence-corrected chi connectivity index (χ4v) is 4.24. The molecular weight excluding hydrogens is 443 g/mol. The molecule has 0 spiro atoms. The second kappa shape index (κ2) is 10.3. The molecule has 0 aliphatic carbocycles. The lowest BCUT2D eigenvalue weighted by molar-refractivity contribution is 0.354. The Labute approximate surface area is 198 Å². The van der Waals surface area contributed by atoms with Crippen LogP contribution in [0.3, 0.4) is 0 Å². The fourth-order valence-electron chi connectivity index (χ4n) is 3.92. The van der Waals surface area contributed by atoms with Gasteiger partial charge in [0.15, 0.2) is 11.5 Å². The number of benzene rings is 3. The minimum atomic E-state index is 0.576. The van der Waals surface area contributed by atoms with Crippen LogP contribution in [0.25, 0.3) is 10.9 Å². The van der Waals surface area contributed by atoms with E-state index in [-0.39, 0.29) is 0 Å². The lowest BCUT2D eigenvalue weighted by Crippen LogP contribution is -2.16. The molecule has 4 nitrogen and oxygen atoms in total. The SMILES string of the molecule is COc1ccc(CCNCc2cn(Cc3ccc(Cl)c(Cl)c3)c3ccccc23)cc1OC. The first kappa shape index (κ1) is 22.5. The van der Waals surface area contributed by atoms with Crippen LogP contribution in [0.2, 0.25) is 10.0 Å². The van der Waals surface area contributed by atoms with Crippen molar-refractivity contribution in [2.24, 2.45) is 0 Å². The third kappa shape index (κ3) is 5.04. The van der Waals surface area contributed by atoms with E-state index in [1.807, 2.05) is 30.3 Å². The minimum absolute atomic E-state index is 0.576. The van der Waals surface area contributed by atoms with E-state index in [4.69, 9.17) is 32.7 Å². The largest absolute Gasteiger partial charge is 0.493 e. The topological polar surface area (TPSA) is 35.4 Å². The average Bonchev–Trinajstić information content (AvgIpc) is 3.16. The van der Waals surface area contributed by atoms with Crippen molar-refractivity contribution in [3.8, 4) is 11.5 Å². The van der Waals surface area contributed by atoms with E-state index in [2.05, 4.69) is 46.4 Å². The Morgan fingerprint density at radius 1 is 0.844 bits per heavy atom. The second-order valence-electron chi connectivity index (χ2n) is 7.66. The molecule has 1 heterocycles. The minimum Gasteiger partial charge on any atom is -0.493 e. The van der Waals surface area contributed by atoms with Gasteiger partial charge >= 0.3 is 0 Å². The molecule has 0 saturated heterocycles. The summed E-state index contributed by atoms with van der Waals surface area (Å²) in [6, 6.07) is 20.3. The molecule has 1 N–H and O–H groups in total. The smallest absolute Gasteiger partial charge is 0.160 e. The zero-order valence-corrected chi connectivity index (χ0v) is 19.7. The van der Waals surface area contributed by atoms with Crippen molar-refractivity contribution >= 4 is 34.1 Å². The number of ether oxygens (including phenoxy) is 2. The molecule has 32 heavy (non-hydrogen) atoms. The van der Waals surface area contributed by atoms with Crippen LogP contribution in [-0.2, 0) is 19.5 Å². The predicted octanol–water partition coefficient (Wildman–Crippen LogP) is 6.35. The highest BCUT2D eigenvalue weighted by molar-refractivity contribution is 6.42. The van der Waals surface area contributed by atoms with Gasteiger partial charge in [0.25, 0.3) is 0 Å². The third-order valence-corrected chi connectivity index (χ3v) is 6.30. The number of aromatic nitrogens is 1. The van der Waals surface area contributed by atoms with Gasteiger partial charge in [-0.15, -0.1) is 0 Å². The maximum Gasteiger partial charge on any atom is 0.160 e. The maximum atomic E-state index is 6.21. The van der Waals surface area contributed by atoms with Gasteiger partial charge in [0.1, 0.15) is 0 Å². The second-order valence-corrected chi connectivity index (χ2v) is 8.48. The lowest BCUT2D eigenvalue weighted by atomic mass is 10.1. The Morgan fingerprint density at radius 2 is 1.62 bits per heavy atom. The van der Waals surface area contributed by atoms with Crippen molar-refractivity contribution in [1.82, 2.24) is 9.88 Å². The number of methoxy groups -OCH3 is 2. The molecule has 0 aliphatic heterocycles. The molecule has 0 bridgehead atoms. The van der Waals surface area contributed by atoms with Crippen molar-refractivity contribution in [2.75, 3.05) is 20.8 Å². The summed E-state index contributed by atoms with van der Waals surface area (Å²) in [7, 11) is 3.31. The van der Waals surface area contributed by atoms with Gasteiger partial charge in [-0.05, 0) is 60.0 Å². The number of hydrogen-bond acceptors (Lipinski definition) is 3. The van der Waals surface area contributed by atoms with E-state index in [1.165, 1.54) is 22.0 Å². The van der Waals surface area contributed by atoms with Crippen LogP contribution in [0.15, 0.2) is 66.9 Å². The summed E-state index contributed by atoms with van der Waals surface area (Å²) in [4.78, 5) is 0. The zero-order valence-electron chi connectivity index (χ0n) is 18.2. The molecule has 0 atom stereocenters. The number of para-hydroxylation sites is 1. The van der Waals surface area contributed by atoms with Crippen LogP contribution in [0.4, 0.5) is 0 Å². The Morgan fingerprint density at radius 3 is 2.41 bits per heavy atom. The van der Waals surface area contributed by atoms with Crippen molar-refractivity contribution in [1.29, 1.82) is 0 Å². The van der Waals surface area contributed by atoms with E-state index in [0.29, 0.717) is 10.0 Å². The van der Waals surface area contributed by atoms with Gasteiger partial charge in [-0.2, -0.15) is 0 Å². The molecule has 0 unspecified atom stereocenters. The highest BCUT2D eigenvalue weighted by atomic mass is 35.5. The molecule has 0 amide bonds. The van der Waals surface area contributed by atoms with Gasteiger partial charge in [0.2, 0.25) is 0 Å². The number of hydrogen-bond donors (Lipinski definition) is 1. The summed E-state index contributed by atoms with van der Waals surface area (Å²) < 4.78 is 13.0. The molecule has 4 rings (SSSR count). The van der Waals surface area contributed by atoms with Crippen molar-refractivity contribution < 1.29 is 9.47 Å². The van der Waals surface area contributed by atoms with E-state index in [9.17, 15) is 0 Å². The monoisotopic (exact) mass is 468 g/mol. The van der Waals surface area contributed by atoms with E-state index < -0.39 is 0 Å². The van der Waals surface area contributed by atoms with Crippen LogP contribution >= 0.6 is 23.2 Å². The van der Waals surface area contributed by atoms with Crippen LogP contribution in [0.1, 0.15) is 16.7 Å². The Balaban J connectivity index is 1.44. The molecule has 4 aromatic rings. The van der Waals surface area contributed by atoms with Crippen LogP contribution in [0.5, 0.6) is 11.5 Å². The van der Waals surface area contributed by atoms with Crippen LogP contribution in [0, 0.1) is 0 Å². The van der Waals surface area contributed by atoms with Gasteiger partial charge in [-0.1, -0.05) is 53.5 Å². The molecule has 0 aliphatic rings. The number of nitrogens with one attached hydrogen (secondary N) is 1. The summed E-state index contributed by atoms with van der Waals surface area (Å²) in [5, 5.41) is 5.99. The van der Waals surface area contributed by atoms with Crippen LogP contribution < -0.4 is 14.8 Å². The molecule has 0 fully saturated rings. The first-order valence-electron chi connectivity index (χ1n) is 10.5. The van der Waals surface area contributed by atoms with Gasteiger partial charge < -0.3 is 19.4 Å². The highest BCUT2D eigenvalue weighted by Crippen LogP contribution is 2.28. The lowest BCUT2D eigenvalue weighted by Gasteiger charge is -2.10. The summed E-state index contributed by atoms with van der Waals surface area (Å²) in [5.41, 5.74) is 4.80. The van der Waals surface area contributed by atoms with Gasteiger partial charge in [0.05, 0.1) is 24.3 Å². The van der Waals surface area contributed by atoms with E-state index >= 15 is 0 Å². The Hall–Kier alpha value is -2.66. The van der Waals surface area contributed by atoms with Crippen molar-refractivity contribution in [3.05, 3.63) is 93.6 Å². The molecular formula is C26H26Cl2N2O2. The summed E-state index contributed by atoms with van der Waals surface area (Å²) in [5.74, 6) is 1.51. The van der Waals surface area contributed by atoms with Gasteiger partial charge in [0, 0.05) is 30.2 Å². The standard InChI is InChI=1S/C26H26Cl2N2O2/c1-31-25-10-8-18(14-26(25)32-2)11-12-29-15-20-17-30(24-6-4-3-5-21(20)24)16-19-7-9-22(27)23(28)13-19/h3-10,13-14,17,29H,11-12,15-16H2,1-2H3. The number of nitrogens with zero attached hydrogens (tertiary/aromatic N) is 1. The molecule has 0 radical (unpaired) electrons. The van der Waals surface area contributed by atoms with Gasteiger partial charge in [-0.25, -0.2) is 0 Å². The normalized spacial score (nSPS) is 11.1.